The Bertz CT molecular complexity index is 1160. The van der Waals surface area contributed by atoms with Crippen molar-refractivity contribution in [2.75, 3.05) is 21.3 Å². The van der Waals surface area contributed by atoms with E-state index in [0.29, 0.717) is 0 Å². The van der Waals surface area contributed by atoms with Crippen LogP contribution in [0.4, 0.5) is 4.39 Å². The van der Waals surface area contributed by atoms with Gasteiger partial charge in [-0.05, 0) is 18.2 Å². The van der Waals surface area contributed by atoms with Crippen LogP contribution in [0, 0.1) is 5.82 Å². The van der Waals surface area contributed by atoms with Crippen LogP contribution in [0.15, 0.2) is 53.7 Å². The number of aromatic nitrogens is 2. The van der Waals surface area contributed by atoms with Gasteiger partial charge < -0.3 is 14.2 Å². The lowest BCUT2D eigenvalue weighted by molar-refractivity contribution is 0.0597. The number of rotatable bonds is 6. The Hall–Kier alpha value is -3.40. The highest BCUT2D eigenvalue weighted by Crippen LogP contribution is 2.39. The molecule has 0 N–H and O–H groups in total. The summed E-state index contributed by atoms with van der Waals surface area (Å²) in [6, 6.07) is 8.21. The molecule has 0 spiro atoms. The van der Waals surface area contributed by atoms with Gasteiger partial charge in [-0.3, -0.25) is 0 Å². The Labute approximate surface area is 166 Å². The molecule has 0 saturated carbocycles. The van der Waals surface area contributed by atoms with Crippen molar-refractivity contribution in [2.45, 2.75) is 4.90 Å². The molecule has 1 aromatic carbocycles. The molecule has 29 heavy (non-hydrogen) atoms. The van der Waals surface area contributed by atoms with Gasteiger partial charge in [0.1, 0.15) is 22.0 Å². The first kappa shape index (κ1) is 20.3. The molecule has 0 amide bonds. The van der Waals surface area contributed by atoms with Gasteiger partial charge in [0.25, 0.3) is 10.0 Å². The van der Waals surface area contributed by atoms with E-state index in [0.717, 1.165) is 23.5 Å². The van der Waals surface area contributed by atoms with E-state index in [1.54, 1.807) is 0 Å². The van der Waals surface area contributed by atoms with E-state index in [-0.39, 0.29) is 33.3 Å². The third-order valence-electron chi connectivity index (χ3n) is 4.14. The van der Waals surface area contributed by atoms with Gasteiger partial charge in [0.05, 0.1) is 27.5 Å². The average molecular weight is 420 g/mol. The second-order valence-electron chi connectivity index (χ2n) is 5.73. The highest BCUT2D eigenvalue weighted by molar-refractivity contribution is 7.90. The van der Waals surface area contributed by atoms with Crippen LogP contribution in [0.5, 0.6) is 11.6 Å². The maximum atomic E-state index is 14.5. The molecule has 0 saturated heterocycles. The summed E-state index contributed by atoms with van der Waals surface area (Å²) in [5.41, 5.74) is -0.385. The van der Waals surface area contributed by atoms with E-state index in [1.807, 2.05) is 0 Å². The van der Waals surface area contributed by atoms with Crippen molar-refractivity contribution in [1.29, 1.82) is 0 Å². The number of carbonyl (C=O) groups excluding carboxylic acids is 1. The molecule has 0 unspecified atom stereocenters. The summed E-state index contributed by atoms with van der Waals surface area (Å²) in [4.78, 5) is 15.9. The Morgan fingerprint density at radius 3 is 2.34 bits per heavy atom. The molecule has 2 heterocycles. The predicted molar refractivity (Wildman–Crippen MR) is 101 cm³/mol. The van der Waals surface area contributed by atoms with Crippen LogP contribution in [0.3, 0.4) is 0 Å². The molecule has 0 radical (unpaired) electrons. The van der Waals surface area contributed by atoms with Crippen LogP contribution in [0.25, 0.3) is 11.3 Å². The summed E-state index contributed by atoms with van der Waals surface area (Å²) >= 11 is 0. The lowest BCUT2D eigenvalue weighted by Gasteiger charge is -2.12. The van der Waals surface area contributed by atoms with Crippen molar-refractivity contribution < 1.29 is 31.8 Å². The van der Waals surface area contributed by atoms with Crippen molar-refractivity contribution in [1.82, 2.24) is 8.96 Å². The van der Waals surface area contributed by atoms with E-state index in [9.17, 15) is 17.6 Å². The zero-order valence-electron chi connectivity index (χ0n) is 15.7. The summed E-state index contributed by atoms with van der Waals surface area (Å²) in [5, 5.41) is 0. The molecule has 0 fully saturated rings. The van der Waals surface area contributed by atoms with Gasteiger partial charge in [-0.2, -0.15) is 0 Å². The van der Waals surface area contributed by atoms with Gasteiger partial charge in [-0.15, -0.1) is 0 Å². The lowest BCUT2D eigenvalue weighted by atomic mass is 10.1. The summed E-state index contributed by atoms with van der Waals surface area (Å²) in [5.74, 6) is -1.43. The maximum absolute atomic E-state index is 14.5. The van der Waals surface area contributed by atoms with Crippen LogP contribution in [0.2, 0.25) is 0 Å². The Kier molecular flexibility index (Phi) is 5.55. The topological polar surface area (TPSA) is 96.7 Å². The van der Waals surface area contributed by atoms with Crippen molar-refractivity contribution in [2.24, 2.45) is 0 Å². The summed E-state index contributed by atoms with van der Waals surface area (Å²) in [6.07, 6.45) is 2.13. The van der Waals surface area contributed by atoms with Gasteiger partial charge in [-0.1, -0.05) is 12.1 Å². The molecular formula is C19H17FN2O6S. The van der Waals surface area contributed by atoms with E-state index in [1.165, 1.54) is 50.6 Å². The van der Waals surface area contributed by atoms with E-state index in [2.05, 4.69) is 4.98 Å². The van der Waals surface area contributed by atoms with Crippen LogP contribution in [-0.2, 0) is 14.8 Å². The highest BCUT2D eigenvalue weighted by Gasteiger charge is 2.31. The minimum atomic E-state index is -4.27. The lowest BCUT2D eigenvalue weighted by Crippen LogP contribution is -2.14. The van der Waals surface area contributed by atoms with Gasteiger partial charge in [0.15, 0.2) is 5.75 Å². The molecule has 10 heteroatoms. The number of benzene rings is 1. The minimum absolute atomic E-state index is 0.0652. The van der Waals surface area contributed by atoms with Gasteiger partial charge >= 0.3 is 5.97 Å². The monoisotopic (exact) mass is 420 g/mol. The number of hydrogen-bond donors (Lipinski definition) is 0. The number of hydrogen-bond acceptors (Lipinski definition) is 7. The third-order valence-corrected chi connectivity index (χ3v) is 5.78. The Morgan fingerprint density at radius 1 is 1.07 bits per heavy atom. The third kappa shape index (κ3) is 3.54. The van der Waals surface area contributed by atoms with Crippen LogP contribution in [-0.4, -0.2) is 44.7 Å². The summed E-state index contributed by atoms with van der Waals surface area (Å²) in [7, 11) is -0.483. The van der Waals surface area contributed by atoms with E-state index < -0.39 is 21.8 Å². The first-order valence-electron chi connectivity index (χ1n) is 8.23. The molecule has 152 valence electrons. The number of halogens is 1. The molecule has 8 nitrogen and oxygen atoms in total. The molecule has 2 aromatic heterocycles. The van der Waals surface area contributed by atoms with Crippen LogP contribution >= 0.6 is 0 Å². The van der Waals surface area contributed by atoms with Crippen molar-refractivity contribution in [3.63, 3.8) is 0 Å². The highest BCUT2D eigenvalue weighted by atomic mass is 32.2. The fourth-order valence-corrected chi connectivity index (χ4v) is 4.09. The second-order valence-corrected chi connectivity index (χ2v) is 7.55. The van der Waals surface area contributed by atoms with Crippen molar-refractivity contribution >= 4 is 16.0 Å². The van der Waals surface area contributed by atoms with Crippen molar-refractivity contribution in [3.8, 4) is 22.9 Å². The molecule has 0 aliphatic carbocycles. The van der Waals surface area contributed by atoms with Gasteiger partial charge in [0.2, 0.25) is 5.88 Å². The largest absolute Gasteiger partial charge is 0.494 e. The van der Waals surface area contributed by atoms with Crippen LogP contribution < -0.4 is 9.47 Å². The summed E-state index contributed by atoms with van der Waals surface area (Å²) < 4.78 is 56.8. The normalized spacial score (nSPS) is 11.2. The SMILES string of the molecule is COC(=O)c1cn(S(=O)(=O)c2ccc(OC)nc2)c(-c2ccccc2F)c1OC. The number of nitrogens with zero attached hydrogens (tertiary/aromatic N) is 2. The fraction of sp³-hybridized carbons (Fsp3) is 0.158. The maximum Gasteiger partial charge on any atom is 0.343 e. The molecule has 0 aliphatic rings. The second kappa shape index (κ2) is 7.92. The molecular weight excluding hydrogens is 403 g/mol. The smallest absolute Gasteiger partial charge is 0.343 e. The van der Waals surface area contributed by atoms with Crippen molar-refractivity contribution in [3.05, 3.63) is 60.2 Å². The van der Waals surface area contributed by atoms with Crippen LogP contribution in [0.1, 0.15) is 10.4 Å². The van der Waals surface area contributed by atoms with Gasteiger partial charge in [-0.25, -0.2) is 26.6 Å². The standard InChI is InChI=1S/C19H17FN2O6S/c1-26-16-9-8-12(10-21-16)29(24,25)22-11-14(19(23)28-3)18(27-2)17(22)13-6-4-5-7-15(13)20/h4-11H,1-3H3. The quantitative estimate of drug-likeness (QED) is 0.566. The molecule has 3 rings (SSSR count). The molecule has 0 aliphatic heterocycles. The predicted octanol–water partition coefficient (Wildman–Crippen LogP) is 2.73. The number of methoxy groups -OCH3 is 3. The first-order valence-corrected chi connectivity index (χ1v) is 9.67. The molecule has 0 atom stereocenters. The number of esters is 1. The number of ether oxygens (including phenoxy) is 3. The zero-order valence-corrected chi connectivity index (χ0v) is 16.6. The first-order chi connectivity index (χ1) is 13.8. The Morgan fingerprint density at radius 2 is 1.79 bits per heavy atom. The minimum Gasteiger partial charge on any atom is -0.494 e. The zero-order chi connectivity index (χ0) is 21.2. The van der Waals surface area contributed by atoms with E-state index in [4.69, 9.17) is 14.2 Å². The van der Waals surface area contributed by atoms with E-state index >= 15 is 0 Å². The number of pyridine rings is 1. The molecule has 0 bridgehead atoms. The van der Waals surface area contributed by atoms with Gasteiger partial charge in [0, 0.05) is 17.8 Å². The average Bonchev–Trinajstić information content (AvgIpc) is 3.13. The number of carbonyl (C=O) groups is 1. The summed E-state index contributed by atoms with van der Waals surface area (Å²) in [6.45, 7) is 0. The fourth-order valence-electron chi connectivity index (χ4n) is 2.77. The molecule has 3 aromatic rings. The Balaban J connectivity index is 2.33.